The average Bonchev–Trinajstić information content (AvgIpc) is 3.08. The molecule has 8 nitrogen and oxygen atoms in total. The normalized spacial score (nSPS) is 12.9. The predicted molar refractivity (Wildman–Crippen MR) is 101 cm³/mol. The molecule has 0 saturated carbocycles. The van der Waals surface area contributed by atoms with Crippen LogP contribution in [0, 0.1) is 0 Å². The second-order valence-electron chi connectivity index (χ2n) is 5.81. The predicted octanol–water partition coefficient (Wildman–Crippen LogP) is 2.93. The highest BCUT2D eigenvalue weighted by atomic mass is 32.1. The van der Waals surface area contributed by atoms with Gasteiger partial charge < -0.3 is 19.1 Å². The third kappa shape index (κ3) is 4.30. The van der Waals surface area contributed by atoms with Gasteiger partial charge in [0.2, 0.25) is 0 Å². The van der Waals surface area contributed by atoms with E-state index in [1.165, 1.54) is 25.6 Å². The molecule has 1 N–H and O–H groups in total. The maximum Gasteiger partial charge on any atom is 0.410 e. The van der Waals surface area contributed by atoms with Crippen LogP contribution in [0.1, 0.15) is 27.9 Å². The fourth-order valence-corrected chi connectivity index (χ4v) is 3.75. The average molecular weight is 391 g/mol. The molecule has 2 heterocycles. The van der Waals surface area contributed by atoms with Crippen molar-refractivity contribution in [2.75, 3.05) is 32.7 Å². The molecule has 2 aromatic rings. The van der Waals surface area contributed by atoms with E-state index in [0.29, 0.717) is 48.3 Å². The maximum atomic E-state index is 12.6. The number of nitrogens with one attached hydrogen (secondary N) is 1. The Balaban J connectivity index is 1.73. The first-order valence-electron chi connectivity index (χ1n) is 8.48. The summed E-state index contributed by atoms with van der Waals surface area (Å²) in [5, 5.41) is 3.31. The molecule has 0 atom stereocenters. The lowest BCUT2D eigenvalue weighted by Gasteiger charge is -2.24. The molecule has 2 amide bonds. The van der Waals surface area contributed by atoms with Crippen molar-refractivity contribution >= 4 is 28.5 Å². The minimum Gasteiger partial charge on any atom is -0.497 e. The molecular formula is C18H21N3O5S. The van der Waals surface area contributed by atoms with Gasteiger partial charge in [0.05, 0.1) is 33.1 Å². The second-order valence-corrected chi connectivity index (χ2v) is 6.90. The Morgan fingerprint density at radius 1 is 1.22 bits per heavy atom. The summed E-state index contributed by atoms with van der Waals surface area (Å²) >= 11 is 1.36. The molecule has 1 aromatic heterocycles. The van der Waals surface area contributed by atoms with Gasteiger partial charge in [-0.05, 0) is 19.1 Å². The summed E-state index contributed by atoms with van der Waals surface area (Å²) in [4.78, 5) is 31.6. The quantitative estimate of drug-likeness (QED) is 0.843. The van der Waals surface area contributed by atoms with Crippen LogP contribution in [-0.2, 0) is 17.7 Å². The van der Waals surface area contributed by atoms with Gasteiger partial charge in [-0.2, -0.15) is 0 Å². The molecule has 1 aliphatic rings. The summed E-state index contributed by atoms with van der Waals surface area (Å²) in [6.07, 6.45) is 0.304. The molecule has 0 aliphatic carbocycles. The highest BCUT2D eigenvalue weighted by Gasteiger charge is 2.25. The van der Waals surface area contributed by atoms with Crippen LogP contribution < -0.4 is 14.8 Å². The van der Waals surface area contributed by atoms with Crippen molar-refractivity contribution in [2.45, 2.75) is 19.9 Å². The van der Waals surface area contributed by atoms with Crippen LogP contribution in [0.15, 0.2) is 18.2 Å². The largest absolute Gasteiger partial charge is 0.497 e. The third-order valence-corrected chi connectivity index (χ3v) is 5.09. The van der Waals surface area contributed by atoms with Crippen LogP contribution >= 0.6 is 11.3 Å². The van der Waals surface area contributed by atoms with Gasteiger partial charge in [0, 0.05) is 29.5 Å². The molecule has 0 fully saturated rings. The van der Waals surface area contributed by atoms with Crippen molar-refractivity contribution in [3.8, 4) is 11.5 Å². The standard InChI is InChI=1S/C18H21N3O5S/c1-4-26-18(23)21-6-5-14-15(10-21)27-17(19-14)20-16(22)11-7-12(24-2)9-13(8-11)25-3/h7-9H,4-6,10H2,1-3H3,(H,19,20,22). The van der Waals surface area contributed by atoms with E-state index in [9.17, 15) is 9.59 Å². The Hall–Kier alpha value is -2.81. The van der Waals surface area contributed by atoms with Crippen molar-refractivity contribution < 1.29 is 23.8 Å². The highest BCUT2D eigenvalue weighted by Crippen LogP contribution is 2.29. The van der Waals surface area contributed by atoms with Gasteiger partial charge >= 0.3 is 6.09 Å². The van der Waals surface area contributed by atoms with E-state index in [-0.39, 0.29) is 12.0 Å². The van der Waals surface area contributed by atoms with Gasteiger partial charge in [-0.25, -0.2) is 9.78 Å². The number of benzene rings is 1. The molecule has 0 radical (unpaired) electrons. The van der Waals surface area contributed by atoms with E-state index in [2.05, 4.69) is 10.3 Å². The van der Waals surface area contributed by atoms with Crippen molar-refractivity contribution in [1.82, 2.24) is 9.88 Å². The first-order chi connectivity index (χ1) is 13.0. The molecule has 9 heteroatoms. The lowest BCUT2D eigenvalue weighted by atomic mass is 10.2. The minimum absolute atomic E-state index is 0.305. The number of aromatic nitrogens is 1. The van der Waals surface area contributed by atoms with E-state index in [4.69, 9.17) is 14.2 Å². The zero-order valence-electron chi connectivity index (χ0n) is 15.4. The highest BCUT2D eigenvalue weighted by molar-refractivity contribution is 7.15. The fraction of sp³-hybridized carbons (Fsp3) is 0.389. The molecular weight excluding hydrogens is 370 g/mol. The molecule has 0 saturated heterocycles. The van der Waals surface area contributed by atoms with E-state index in [1.807, 2.05) is 0 Å². The summed E-state index contributed by atoms with van der Waals surface area (Å²) in [5.74, 6) is 0.756. The Morgan fingerprint density at radius 2 is 1.93 bits per heavy atom. The van der Waals surface area contributed by atoms with Crippen molar-refractivity contribution in [3.63, 3.8) is 0 Å². The Labute approximate surface area is 161 Å². The second kappa shape index (κ2) is 8.26. The van der Waals surface area contributed by atoms with E-state index in [1.54, 1.807) is 30.0 Å². The first-order valence-corrected chi connectivity index (χ1v) is 9.30. The first kappa shape index (κ1) is 19.0. The number of nitrogens with zero attached hydrogens (tertiary/aromatic N) is 2. The monoisotopic (exact) mass is 391 g/mol. The topological polar surface area (TPSA) is 90.0 Å². The van der Waals surface area contributed by atoms with Crippen LogP contribution in [0.25, 0.3) is 0 Å². The van der Waals surface area contributed by atoms with Crippen molar-refractivity contribution in [2.24, 2.45) is 0 Å². The number of hydrogen-bond donors (Lipinski definition) is 1. The van der Waals surface area contributed by atoms with Crippen molar-refractivity contribution in [3.05, 3.63) is 34.3 Å². The number of methoxy groups -OCH3 is 2. The lowest BCUT2D eigenvalue weighted by molar-refractivity contribution is 0.102. The number of carbonyl (C=O) groups is 2. The van der Waals surface area contributed by atoms with Crippen molar-refractivity contribution in [1.29, 1.82) is 0 Å². The van der Waals surface area contributed by atoms with Gasteiger partial charge in [0.1, 0.15) is 11.5 Å². The number of ether oxygens (including phenoxy) is 3. The van der Waals surface area contributed by atoms with Gasteiger partial charge in [-0.15, -0.1) is 0 Å². The van der Waals surface area contributed by atoms with Gasteiger partial charge in [-0.1, -0.05) is 11.3 Å². The molecule has 0 bridgehead atoms. The smallest absolute Gasteiger partial charge is 0.410 e. The Bertz CT molecular complexity index is 829. The number of fused-ring (bicyclic) bond motifs is 1. The van der Waals surface area contributed by atoms with E-state index in [0.717, 1.165) is 10.6 Å². The van der Waals surface area contributed by atoms with Gasteiger partial charge in [-0.3, -0.25) is 10.1 Å². The van der Waals surface area contributed by atoms with Gasteiger partial charge in [0.15, 0.2) is 5.13 Å². The Morgan fingerprint density at radius 3 is 2.56 bits per heavy atom. The summed E-state index contributed by atoms with van der Waals surface area (Å²) < 4.78 is 15.4. The van der Waals surface area contributed by atoms with Crippen LogP contribution in [0.2, 0.25) is 0 Å². The summed E-state index contributed by atoms with van der Waals surface area (Å²) in [6, 6.07) is 4.96. The van der Waals surface area contributed by atoms with E-state index < -0.39 is 0 Å². The van der Waals surface area contributed by atoms with E-state index >= 15 is 0 Å². The van der Waals surface area contributed by atoms with Gasteiger partial charge in [0.25, 0.3) is 5.91 Å². The number of amides is 2. The van der Waals surface area contributed by atoms with Crippen LogP contribution in [0.4, 0.5) is 9.93 Å². The molecule has 144 valence electrons. The minimum atomic E-state index is -0.328. The maximum absolute atomic E-state index is 12.6. The molecule has 1 aliphatic heterocycles. The lowest BCUT2D eigenvalue weighted by Crippen LogP contribution is -2.35. The number of anilines is 1. The summed E-state index contributed by atoms with van der Waals surface area (Å²) in [5.41, 5.74) is 1.31. The molecule has 3 rings (SSSR count). The number of hydrogen-bond acceptors (Lipinski definition) is 7. The van der Waals surface area contributed by atoms with Crippen LogP contribution in [-0.4, -0.2) is 49.3 Å². The zero-order chi connectivity index (χ0) is 19.4. The SMILES string of the molecule is CCOC(=O)N1CCc2nc(NC(=O)c3cc(OC)cc(OC)c3)sc2C1. The third-order valence-electron chi connectivity index (χ3n) is 4.09. The number of rotatable bonds is 5. The van der Waals surface area contributed by atoms with Crippen LogP contribution in [0.3, 0.4) is 0 Å². The molecule has 0 unspecified atom stereocenters. The zero-order valence-corrected chi connectivity index (χ0v) is 16.2. The van der Waals surface area contributed by atoms with Crippen LogP contribution in [0.5, 0.6) is 11.5 Å². The molecule has 27 heavy (non-hydrogen) atoms. The number of thiazole rings is 1. The summed E-state index contributed by atoms with van der Waals surface area (Å²) in [6.45, 7) is 3.11. The fourth-order valence-electron chi connectivity index (χ4n) is 2.73. The number of carbonyl (C=O) groups excluding carboxylic acids is 2. The Kier molecular flexibility index (Phi) is 5.80. The molecule has 1 aromatic carbocycles. The summed E-state index contributed by atoms with van der Waals surface area (Å²) in [7, 11) is 3.06. The molecule has 0 spiro atoms.